The molecule has 1 saturated carbocycles. The first-order valence-corrected chi connectivity index (χ1v) is 6.52. The van der Waals surface area contributed by atoms with Gasteiger partial charge in [-0.1, -0.05) is 6.42 Å². The van der Waals surface area contributed by atoms with Crippen molar-refractivity contribution in [2.24, 2.45) is 0 Å². The van der Waals surface area contributed by atoms with Crippen molar-refractivity contribution in [1.82, 2.24) is 5.32 Å². The summed E-state index contributed by atoms with van der Waals surface area (Å²) in [7, 11) is 0. The van der Waals surface area contributed by atoms with Gasteiger partial charge in [-0.2, -0.15) is 0 Å². The topological polar surface area (TPSA) is 21.3 Å². The van der Waals surface area contributed by atoms with Crippen molar-refractivity contribution in [3.63, 3.8) is 0 Å². The quantitative estimate of drug-likeness (QED) is 0.868. The number of rotatable bonds is 3. The molecule has 1 aliphatic carbocycles. The summed E-state index contributed by atoms with van der Waals surface area (Å²) >= 11 is 0. The Labute approximate surface area is 101 Å². The Morgan fingerprint density at radius 3 is 2.76 bits per heavy atom. The fraction of sp³-hybridized carbons (Fsp3) is 0.571. The number of piperidine rings is 1. The SMILES string of the molecule is Fc1ccc(OC2CC2)c(C2CCCCN2)c1. The van der Waals surface area contributed by atoms with Crippen LogP contribution in [0.4, 0.5) is 4.39 Å². The maximum atomic E-state index is 13.4. The fourth-order valence-electron chi connectivity index (χ4n) is 2.38. The Hall–Kier alpha value is -1.09. The molecular weight excluding hydrogens is 217 g/mol. The van der Waals surface area contributed by atoms with Crippen molar-refractivity contribution >= 4 is 0 Å². The molecule has 2 fully saturated rings. The van der Waals surface area contributed by atoms with Gasteiger partial charge in [-0.3, -0.25) is 0 Å². The molecule has 1 aliphatic heterocycles. The van der Waals surface area contributed by atoms with Crippen LogP contribution in [0.3, 0.4) is 0 Å². The minimum absolute atomic E-state index is 0.171. The summed E-state index contributed by atoms with van der Waals surface area (Å²) < 4.78 is 19.2. The lowest BCUT2D eigenvalue weighted by Crippen LogP contribution is -2.27. The fourth-order valence-corrected chi connectivity index (χ4v) is 2.38. The first-order valence-electron chi connectivity index (χ1n) is 6.52. The van der Waals surface area contributed by atoms with Crippen molar-refractivity contribution in [2.45, 2.75) is 44.2 Å². The van der Waals surface area contributed by atoms with E-state index in [1.807, 2.05) is 0 Å². The van der Waals surface area contributed by atoms with E-state index in [0.29, 0.717) is 6.10 Å². The first kappa shape index (κ1) is 11.0. The molecule has 1 aromatic carbocycles. The van der Waals surface area contributed by atoms with Crippen LogP contribution in [0, 0.1) is 5.82 Å². The second-order valence-corrected chi connectivity index (χ2v) is 5.00. The lowest BCUT2D eigenvalue weighted by molar-refractivity contribution is 0.291. The van der Waals surface area contributed by atoms with Gasteiger partial charge in [-0.25, -0.2) is 4.39 Å². The Morgan fingerprint density at radius 1 is 1.18 bits per heavy atom. The second kappa shape index (κ2) is 4.65. The van der Waals surface area contributed by atoms with Gasteiger partial charge in [0.1, 0.15) is 11.6 Å². The Morgan fingerprint density at radius 2 is 2.06 bits per heavy atom. The predicted octanol–water partition coefficient (Wildman–Crippen LogP) is 3.18. The summed E-state index contributed by atoms with van der Waals surface area (Å²) in [5.74, 6) is 0.698. The van der Waals surface area contributed by atoms with E-state index in [2.05, 4.69) is 5.32 Å². The zero-order chi connectivity index (χ0) is 11.7. The molecule has 0 amide bonds. The molecule has 17 heavy (non-hydrogen) atoms. The molecule has 3 heteroatoms. The molecule has 1 heterocycles. The summed E-state index contributed by atoms with van der Waals surface area (Å²) in [6.07, 6.45) is 6.12. The van der Waals surface area contributed by atoms with E-state index in [9.17, 15) is 4.39 Å². The monoisotopic (exact) mass is 235 g/mol. The van der Waals surface area contributed by atoms with Crippen LogP contribution >= 0.6 is 0 Å². The van der Waals surface area contributed by atoms with Crippen LogP contribution in [0.1, 0.15) is 43.7 Å². The first-order chi connectivity index (χ1) is 8.33. The van der Waals surface area contributed by atoms with Crippen molar-refractivity contribution < 1.29 is 9.13 Å². The molecule has 2 aliphatic rings. The molecule has 1 N–H and O–H groups in total. The Bertz CT molecular complexity index is 397. The van der Waals surface area contributed by atoms with E-state index in [-0.39, 0.29) is 11.9 Å². The average Bonchev–Trinajstić information content (AvgIpc) is 3.17. The van der Waals surface area contributed by atoms with E-state index in [4.69, 9.17) is 4.74 Å². The number of benzene rings is 1. The molecule has 92 valence electrons. The molecule has 1 saturated heterocycles. The Balaban J connectivity index is 1.85. The molecule has 0 bridgehead atoms. The van der Waals surface area contributed by atoms with Crippen molar-refractivity contribution in [1.29, 1.82) is 0 Å². The van der Waals surface area contributed by atoms with Gasteiger partial charge in [0, 0.05) is 11.6 Å². The zero-order valence-corrected chi connectivity index (χ0v) is 9.92. The number of ether oxygens (including phenoxy) is 1. The van der Waals surface area contributed by atoms with Crippen LogP contribution in [0.5, 0.6) is 5.75 Å². The predicted molar refractivity (Wildman–Crippen MR) is 64.6 cm³/mol. The van der Waals surface area contributed by atoms with Gasteiger partial charge in [0.15, 0.2) is 0 Å². The van der Waals surface area contributed by atoms with Crippen molar-refractivity contribution in [3.05, 3.63) is 29.6 Å². The summed E-state index contributed by atoms with van der Waals surface area (Å²) in [4.78, 5) is 0. The number of hydrogen-bond acceptors (Lipinski definition) is 2. The smallest absolute Gasteiger partial charge is 0.124 e. The minimum atomic E-state index is -0.171. The van der Waals surface area contributed by atoms with Crippen LogP contribution in [-0.2, 0) is 0 Å². The summed E-state index contributed by atoms with van der Waals surface area (Å²) in [6, 6.07) is 5.15. The third kappa shape index (κ3) is 2.60. The molecule has 0 aromatic heterocycles. The number of hydrogen-bond donors (Lipinski definition) is 1. The van der Waals surface area contributed by atoms with E-state index in [0.717, 1.165) is 37.1 Å². The van der Waals surface area contributed by atoms with Gasteiger partial charge in [-0.05, 0) is 50.4 Å². The van der Waals surface area contributed by atoms with Gasteiger partial charge in [0.2, 0.25) is 0 Å². The van der Waals surface area contributed by atoms with Crippen LogP contribution in [0.15, 0.2) is 18.2 Å². The largest absolute Gasteiger partial charge is 0.490 e. The highest BCUT2D eigenvalue weighted by molar-refractivity contribution is 5.37. The maximum absolute atomic E-state index is 13.4. The molecule has 1 unspecified atom stereocenters. The molecule has 0 spiro atoms. The lowest BCUT2D eigenvalue weighted by Gasteiger charge is -2.25. The number of nitrogens with one attached hydrogen (secondary N) is 1. The highest BCUT2D eigenvalue weighted by Gasteiger charge is 2.26. The molecular formula is C14H18FNO. The average molecular weight is 235 g/mol. The molecule has 1 atom stereocenters. The molecule has 0 radical (unpaired) electrons. The maximum Gasteiger partial charge on any atom is 0.124 e. The summed E-state index contributed by atoms with van der Waals surface area (Å²) in [5, 5.41) is 3.45. The van der Waals surface area contributed by atoms with E-state index >= 15 is 0 Å². The third-order valence-corrected chi connectivity index (χ3v) is 3.48. The van der Waals surface area contributed by atoms with Crippen molar-refractivity contribution in [2.75, 3.05) is 6.54 Å². The van der Waals surface area contributed by atoms with Gasteiger partial charge < -0.3 is 10.1 Å². The second-order valence-electron chi connectivity index (χ2n) is 5.00. The standard InChI is InChI=1S/C14H18FNO/c15-10-4-7-14(17-11-5-6-11)12(9-10)13-3-1-2-8-16-13/h4,7,9,11,13,16H,1-3,5-6,8H2. The highest BCUT2D eigenvalue weighted by Crippen LogP contribution is 2.35. The minimum Gasteiger partial charge on any atom is -0.490 e. The summed E-state index contributed by atoms with van der Waals surface area (Å²) in [5.41, 5.74) is 0.997. The van der Waals surface area contributed by atoms with Crippen molar-refractivity contribution in [3.8, 4) is 5.75 Å². The van der Waals surface area contributed by atoms with Crippen LogP contribution in [0.25, 0.3) is 0 Å². The molecule has 3 rings (SSSR count). The van der Waals surface area contributed by atoms with E-state index in [1.165, 1.54) is 18.9 Å². The summed E-state index contributed by atoms with van der Waals surface area (Å²) in [6.45, 7) is 1.02. The van der Waals surface area contributed by atoms with Gasteiger partial charge in [-0.15, -0.1) is 0 Å². The van der Waals surface area contributed by atoms with Gasteiger partial charge in [0.25, 0.3) is 0 Å². The zero-order valence-electron chi connectivity index (χ0n) is 9.92. The van der Waals surface area contributed by atoms with E-state index in [1.54, 1.807) is 12.1 Å². The van der Waals surface area contributed by atoms with Gasteiger partial charge >= 0.3 is 0 Å². The van der Waals surface area contributed by atoms with Gasteiger partial charge in [0.05, 0.1) is 6.10 Å². The molecule has 2 nitrogen and oxygen atoms in total. The normalized spacial score (nSPS) is 24.6. The molecule has 1 aromatic rings. The van der Waals surface area contributed by atoms with Crippen LogP contribution in [-0.4, -0.2) is 12.6 Å². The number of halogens is 1. The highest BCUT2D eigenvalue weighted by atomic mass is 19.1. The van der Waals surface area contributed by atoms with E-state index < -0.39 is 0 Å². The van der Waals surface area contributed by atoms with Crippen LogP contribution < -0.4 is 10.1 Å². The Kier molecular flexibility index (Phi) is 3.02. The third-order valence-electron chi connectivity index (χ3n) is 3.48. The van der Waals surface area contributed by atoms with Crippen LogP contribution in [0.2, 0.25) is 0 Å². The lowest BCUT2D eigenvalue weighted by atomic mass is 9.96.